The molecule has 0 atom stereocenters. The zero-order chi connectivity index (χ0) is 20.6. The Bertz CT molecular complexity index is 530. The topological polar surface area (TPSA) is 87.7 Å². The van der Waals surface area contributed by atoms with Crippen molar-refractivity contribution in [1.29, 1.82) is 0 Å². The first-order chi connectivity index (χ1) is 13.2. The van der Waals surface area contributed by atoms with E-state index in [0.717, 1.165) is 38.8 Å². The first-order valence-corrected chi connectivity index (χ1v) is 10.8. The van der Waals surface area contributed by atoms with Gasteiger partial charge in [0.15, 0.2) is 0 Å². The van der Waals surface area contributed by atoms with Gasteiger partial charge in [0.2, 0.25) is 11.8 Å². The third kappa shape index (κ3) is 8.07. The quantitative estimate of drug-likeness (QED) is 0.724. The number of likely N-dealkylation sites (tertiary alicyclic amines) is 1. The molecule has 1 aliphatic heterocycles. The van der Waals surface area contributed by atoms with E-state index in [1.165, 1.54) is 19.3 Å². The molecule has 0 bridgehead atoms. The van der Waals surface area contributed by atoms with Crippen LogP contribution in [0.3, 0.4) is 0 Å². The zero-order valence-electron chi connectivity index (χ0n) is 17.7. The molecular weight excluding hydrogens is 358 g/mol. The molecule has 0 aromatic carbocycles. The van der Waals surface area contributed by atoms with Gasteiger partial charge in [0.25, 0.3) is 0 Å². The standard InChI is InChI=1S/C21H37N3O4/c1-21(2,3)28-20(27)22-12-9-18(25)23-15-16-10-13-24(14-11-16)19(26)17-7-5-4-6-8-17/h16-17H,4-15H2,1-3H3,(H,22,27)(H,23,25). The number of carbonyl (C=O) groups is 3. The minimum Gasteiger partial charge on any atom is -0.444 e. The Morgan fingerprint density at radius 3 is 2.21 bits per heavy atom. The number of hydrogen-bond donors (Lipinski definition) is 2. The maximum atomic E-state index is 12.6. The fourth-order valence-electron chi connectivity index (χ4n) is 3.90. The fraction of sp³-hybridized carbons (Fsp3) is 0.857. The molecule has 1 saturated carbocycles. The van der Waals surface area contributed by atoms with Crippen LogP contribution >= 0.6 is 0 Å². The van der Waals surface area contributed by atoms with E-state index in [1.807, 2.05) is 4.90 Å². The van der Waals surface area contributed by atoms with Gasteiger partial charge in [-0.2, -0.15) is 0 Å². The Kier molecular flexibility index (Phi) is 8.58. The van der Waals surface area contributed by atoms with Crippen LogP contribution in [0.1, 0.15) is 72.1 Å². The number of nitrogens with zero attached hydrogens (tertiary/aromatic N) is 1. The lowest BCUT2D eigenvalue weighted by Gasteiger charge is -2.35. The third-order valence-electron chi connectivity index (χ3n) is 5.49. The van der Waals surface area contributed by atoms with Crippen molar-refractivity contribution in [2.24, 2.45) is 11.8 Å². The van der Waals surface area contributed by atoms with Crippen LogP contribution in [0.4, 0.5) is 4.79 Å². The highest BCUT2D eigenvalue weighted by Gasteiger charge is 2.29. The molecule has 0 unspecified atom stereocenters. The fourth-order valence-corrected chi connectivity index (χ4v) is 3.90. The second-order valence-corrected chi connectivity index (χ2v) is 9.09. The Morgan fingerprint density at radius 1 is 0.964 bits per heavy atom. The van der Waals surface area contributed by atoms with Crippen molar-refractivity contribution in [1.82, 2.24) is 15.5 Å². The van der Waals surface area contributed by atoms with Crippen LogP contribution in [-0.2, 0) is 14.3 Å². The number of nitrogens with one attached hydrogen (secondary N) is 2. The molecule has 28 heavy (non-hydrogen) atoms. The minimum atomic E-state index is -0.542. The van der Waals surface area contributed by atoms with E-state index in [1.54, 1.807) is 20.8 Å². The number of rotatable bonds is 6. The van der Waals surface area contributed by atoms with Crippen LogP contribution in [0.25, 0.3) is 0 Å². The molecule has 160 valence electrons. The van der Waals surface area contributed by atoms with Gasteiger partial charge in [-0.25, -0.2) is 4.79 Å². The molecule has 2 fully saturated rings. The van der Waals surface area contributed by atoms with Crippen molar-refractivity contribution in [3.05, 3.63) is 0 Å². The normalized spacial score (nSPS) is 19.2. The number of amides is 3. The summed E-state index contributed by atoms with van der Waals surface area (Å²) in [7, 11) is 0. The highest BCUT2D eigenvalue weighted by molar-refractivity contribution is 5.79. The van der Waals surface area contributed by atoms with E-state index in [0.29, 0.717) is 18.4 Å². The zero-order valence-corrected chi connectivity index (χ0v) is 17.7. The average molecular weight is 396 g/mol. The summed E-state index contributed by atoms with van der Waals surface area (Å²) >= 11 is 0. The van der Waals surface area contributed by atoms with Gasteiger partial charge in [-0.15, -0.1) is 0 Å². The summed E-state index contributed by atoms with van der Waals surface area (Å²) in [6.45, 7) is 7.89. The van der Waals surface area contributed by atoms with Crippen molar-refractivity contribution in [3.63, 3.8) is 0 Å². The summed E-state index contributed by atoms with van der Waals surface area (Å²) in [6.07, 6.45) is 7.33. The maximum Gasteiger partial charge on any atom is 0.407 e. The minimum absolute atomic E-state index is 0.0724. The molecule has 0 spiro atoms. The lowest BCUT2D eigenvalue weighted by Crippen LogP contribution is -2.44. The van der Waals surface area contributed by atoms with E-state index in [4.69, 9.17) is 4.74 Å². The van der Waals surface area contributed by atoms with E-state index >= 15 is 0 Å². The molecule has 2 rings (SSSR count). The molecule has 0 aromatic heterocycles. The Labute approximate surface area is 168 Å². The summed E-state index contributed by atoms with van der Waals surface area (Å²) in [6, 6.07) is 0. The van der Waals surface area contributed by atoms with Crippen molar-refractivity contribution in [2.45, 2.75) is 77.7 Å². The SMILES string of the molecule is CC(C)(C)OC(=O)NCCC(=O)NCC1CCN(C(=O)C2CCCCC2)CC1. The van der Waals surface area contributed by atoms with Gasteiger partial charge in [-0.05, 0) is 52.4 Å². The lowest BCUT2D eigenvalue weighted by atomic mass is 9.87. The summed E-state index contributed by atoms with van der Waals surface area (Å²) in [5, 5.41) is 5.54. The number of piperidine rings is 1. The number of carbonyl (C=O) groups excluding carboxylic acids is 3. The lowest BCUT2D eigenvalue weighted by molar-refractivity contribution is -0.138. The molecule has 7 heteroatoms. The number of hydrogen-bond acceptors (Lipinski definition) is 4. The molecule has 2 N–H and O–H groups in total. The largest absolute Gasteiger partial charge is 0.444 e. The van der Waals surface area contributed by atoms with Crippen LogP contribution in [-0.4, -0.2) is 54.6 Å². The second kappa shape index (κ2) is 10.7. The first-order valence-electron chi connectivity index (χ1n) is 10.8. The molecule has 1 saturated heterocycles. The first kappa shape index (κ1) is 22.5. The van der Waals surface area contributed by atoms with Crippen molar-refractivity contribution in [3.8, 4) is 0 Å². The van der Waals surface area contributed by atoms with Gasteiger partial charge in [0.05, 0.1) is 0 Å². The highest BCUT2D eigenvalue weighted by atomic mass is 16.6. The van der Waals surface area contributed by atoms with Gasteiger partial charge in [-0.3, -0.25) is 9.59 Å². The summed E-state index contributed by atoms with van der Waals surface area (Å²) in [5.41, 5.74) is -0.542. The third-order valence-corrected chi connectivity index (χ3v) is 5.49. The van der Waals surface area contributed by atoms with Crippen molar-refractivity contribution < 1.29 is 19.1 Å². The Hall–Kier alpha value is -1.79. The van der Waals surface area contributed by atoms with Gasteiger partial charge in [0.1, 0.15) is 5.60 Å². The van der Waals surface area contributed by atoms with Gasteiger partial charge in [-0.1, -0.05) is 19.3 Å². The molecule has 0 radical (unpaired) electrons. The van der Waals surface area contributed by atoms with E-state index in [2.05, 4.69) is 10.6 Å². The maximum absolute atomic E-state index is 12.6. The van der Waals surface area contributed by atoms with Crippen LogP contribution in [0.5, 0.6) is 0 Å². The molecular formula is C21H37N3O4. The van der Waals surface area contributed by atoms with E-state index in [9.17, 15) is 14.4 Å². The van der Waals surface area contributed by atoms with Gasteiger partial charge in [0, 0.05) is 38.5 Å². The predicted molar refractivity (Wildman–Crippen MR) is 108 cm³/mol. The number of ether oxygens (including phenoxy) is 1. The Morgan fingerprint density at radius 2 is 1.61 bits per heavy atom. The van der Waals surface area contributed by atoms with Crippen molar-refractivity contribution in [2.75, 3.05) is 26.2 Å². The molecule has 3 amide bonds. The molecule has 7 nitrogen and oxygen atoms in total. The second-order valence-electron chi connectivity index (χ2n) is 9.09. The summed E-state index contributed by atoms with van der Waals surface area (Å²) in [5.74, 6) is 0.924. The van der Waals surface area contributed by atoms with E-state index < -0.39 is 11.7 Å². The monoisotopic (exact) mass is 395 g/mol. The van der Waals surface area contributed by atoms with Gasteiger partial charge >= 0.3 is 6.09 Å². The smallest absolute Gasteiger partial charge is 0.407 e. The van der Waals surface area contributed by atoms with E-state index in [-0.39, 0.29) is 24.8 Å². The van der Waals surface area contributed by atoms with Crippen LogP contribution in [0.15, 0.2) is 0 Å². The van der Waals surface area contributed by atoms with Gasteiger partial charge < -0.3 is 20.3 Å². The summed E-state index contributed by atoms with van der Waals surface area (Å²) < 4.78 is 5.13. The van der Waals surface area contributed by atoms with Crippen molar-refractivity contribution >= 4 is 17.9 Å². The molecule has 1 aliphatic carbocycles. The summed E-state index contributed by atoms with van der Waals surface area (Å²) in [4.78, 5) is 38.1. The average Bonchev–Trinajstić information content (AvgIpc) is 2.65. The van der Waals surface area contributed by atoms with Crippen LogP contribution in [0, 0.1) is 11.8 Å². The van der Waals surface area contributed by atoms with Crippen LogP contribution < -0.4 is 10.6 Å². The molecule has 0 aromatic rings. The highest BCUT2D eigenvalue weighted by Crippen LogP contribution is 2.27. The van der Waals surface area contributed by atoms with Crippen LogP contribution in [0.2, 0.25) is 0 Å². The molecule has 2 aliphatic rings. The Balaban J connectivity index is 1.57. The molecule has 1 heterocycles. The number of alkyl carbamates (subject to hydrolysis) is 1. The predicted octanol–water partition coefficient (Wildman–Crippen LogP) is 2.84.